The van der Waals surface area contributed by atoms with E-state index in [0.717, 1.165) is 45.5 Å². The third-order valence-electron chi connectivity index (χ3n) is 3.47. The van der Waals surface area contributed by atoms with E-state index in [1.165, 1.54) is 13.5 Å². The minimum absolute atomic E-state index is 0.168. The highest BCUT2D eigenvalue weighted by Gasteiger charge is 2.21. The van der Waals surface area contributed by atoms with Gasteiger partial charge < -0.3 is 19.7 Å². The fraction of sp³-hybridized carbons (Fsp3) is 0.929. The summed E-state index contributed by atoms with van der Waals surface area (Å²) in [6.07, 6.45) is 4.47. The summed E-state index contributed by atoms with van der Waals surface area (Å²) in [7, 11) is 3.52. The number of methoxy groups -OCH3 is 1. The first-order valence-electron chi connectivity index (χ1n) is 7.28. The van der Waals surface area contributed by atoms with Crippen molar-refractivity contribution in [1.29, 1.82) is 0 Å². The Hall–Kier alpha value is -0.650. The second-order valence-electron chi connectivity index (χ2n) is 5.22. The monoisotopic (exact) mass is 272 g/mol. The Morgan fingerprint density at radius 2 is 2.37 bits per heavy atom. The average Bonchev–Trinajstić information content (AvgIpc) is 2.90. The number of carbonyl (C=O) groups is 1. The minimum Gasteiger partial charge on any atom is -0.468 e. The second-order valence-corrected chi connectivity index (χ2v) is 5.22. The van der Waals surface area contributed by atoms with Crippen LogP contribution in [0.2, 0.25) is 0 Å². The maximum absolute atomic E-state index is 11.6. The summed E-state index contributed by atoms with van der Waals surface area (Å²) in [4.78, 5) is 13.9. The molecule has 0 aromatic rings. The molecule has 1 heterocycles. The molecule has 5 heteroatoms. The molecule has 0 spiro atoms. The Kier molecular flexibility index (Phi) is 8.02. The molecule has 2 unspecified atom stereocenters. The Balaban J connectivity index is 2.26. The van der Waals surface area contributed by atoms with Crippen molar-refractivity contribution in [3.8, 4) is 0 Å². The van der Waals surface area contributed by atoms with Crippen molar-refractivity contribution >= 4 is 5.97 Å². The van der Waals surface area contributed by atoms with Gasteiger partial charge in [0, 0.05) is 13.2 Å². The van der Waals surface area contributed by atoms with Gasteiger partial charge in [-0.3, -0.25) is 4.79 Å². The van der Waals surface area contributed by atoms with Crippen LogP contribution in [0.1, 0.15) is 32.6 Å². The highest BCUT2D eigenvalue weighted by Crippen LogP contribution is 2.13. The van der Waals surface area contributed by atoms with E-state index in [1.807, 2.05) is 0 Å². The summed E-state index contributed by atoms with van der Waals surface area (Å²) in [5.41, 5.74) is 0. The summed E-state index contributed by atoms with van der Waals surface area (Å²) < 4.78 is 10.4. The number of rotatable bonds is 9. The molecule has 0 radical (unpaired) electrons. The first kappa shape index (κ1) is 16.4. The number of nitrogens with one attached hydrogen (secondary N) is 1. The highest BCUT2D eigenvalue weighted by molar-refractivity contribution is 5.75. The van der Waals surface area contributed by atoms with Gasteiger partial charge in [-0.25, -0.2) is 0 Å². The lowest BCUT2D eigenvalue weighted by atomic mass is 10.2. The van der Waals surface area contributed by atoms with Crippen LogP contribution >= 0.6 is 0 Å². The third-order valence-corrected chi connectivity index (χ3v) is 3.47. The van der Waals surface area contributed by atoms with Gasteiger partial charge >= 0.3 is 5.97 Å². The van der Waals surface area contributed by atoms with Gasteiger partial charge in [0.15, 0.2) is 0 Å². The molecule has 0 aromatic heterocycles. The Labute approximate surface area is 116 Å². The van der Waals surface area contributed by atoms with Crippen LogP contribution in [0.3, 0.4) is 0 Å². The summed E-state index contributed by atoms with van der Waals surface area (Å²) in [6.45, 7) is 5.64. The minimum atomic E-state index is -0.197. The molecule has 5 nitrogen and oxygen atoms in total. The van der Waals surface area contributed by atoms with Gasteiger partial charge in [0.25, 0.3) is 0 Å². The van der Waals surface area contributed by atoms with E-state index in [0.29, 0.717) is 6.10 Å². The van der Waals surface area contributed by atoms with Crippen LogP contribution in [0.5, 0.6) is 0 Å². The number of nitrogens with zero attached hydrogens (tertiary/aromatic N) is 1. The molecule has 0 aliphatic carbocycles. The molecule has 1 aliphatic heterocycles. The fourth-order valence-electron chi connectivity index (χ4n) is 2.34. The van der Waals surface area contributed by atoms with Crippen molar-refractivity contribution in [2.45, 2.75) is 44.8 Å². The van der Waals surface area contributed by atoms with Gasteiger partial charge in [-0.1, -0.05) is 6.92 Å². The lowest BCUT2D eigenvalue weighted by Gasteiger charge is -2.23. The Bertz CT molecular complexity index is 255. The van der Waals surface area contributed by atoms with Crippen LogP contribution in [-0.4, -0.2) is 63.4 Å². The van der Waals surface area contributed by atoms with Crippen molar-refractivity contribution in [2.75, 3.05) is 40.4 Å². The lowest BCUT2D eigenvalue weighted by molar-refractivity contribution is -0.143. The molecule has 1 N–H and O–H groups in total. The van der Waals surface area contributed by atoms with E-state index in [4.69, 9.17) is 9.47 Å². The van der Waals surface area contributed by atoms with Crippen molar-refractivity contribution in [1.82, 2.24) is 10.2 Å². The number of likely N-dealkylation sites (N-methyl/N-ethyl adjacent to an activating group) is 1. The van der Waals surface area contributed by atoms with Crippen LogP contribution in [0, 0.1) is 0 Å². The van der Waals surface area contributed by atoms with Crippen LogP contribution in [0.15, 0.2) is 0 Å². The SMILES string of the molecule is CCCNC(CCN(C)CC1CCCO1)C(=O)OC. The first-order chi connectivity index (χ1) is 9.17. The molecular formula is C14H28N2O3. The van der Waals surface area contributed by atoms with E-state index in [-0.39, 0.29) is 12.0 Å². The zero-order valence-electron chi connectivity index (χ0n) is 12.5. The van der Waals surface area contributed by atoms with Crippen LogP contribution in [0.25, 0.3) is 0 Å². The zero-order valence-corrected chi connectivity index (χ0v) is 12.5. The van der Waals surface area contributed by atoms with Crippen molar-refractivity contribution in [2.24, 2.45) is 0 Å². The van der Waals surface area contributed by atoms with Gasteiger partial charge in [0.2, 0.25) is 0 Å². The molecule has 1 saturated heterocycles. The molecule has 1 rings (SSSR count). The summed E-state index contributed by atoms with van der Waals surface area (Å²) in [5, 5.41) is 3.24. The van der Waals surface area contributed by atoms with Gasteiger partial charge in [-0.15, -0.1) is 0 Å². The standard InChI is InChI=1S/C14H28N2O3/c1-4-8-15-13(14(17)18-3)7-9-16(2)11-12-6-5-10-19-12/h12-13,15H,4-11H2,1-3H3. The fourth-order valence-corrected chi connectivity index (χ4v) is 2.34. The van der Waals surface area contributed by atoms with Crippen molar-refractivity contribution in [3.63, 3.8) is 0 Å². The van der Waals surface area contributed by atoms with Gasteiger partial charge in [0.05, 0.1) is 13.2 Å². The van der Waals surface area contributed by atoms with E-state index in [1.54, 1.807) is 0 Å². The number of esters is 1. The molecule has 0 bridgehead atoms. The molecule has 0 aromatic carbocycles. The third kappa shape index (κ3) is 6.36. The number of hydrogen-bond acceptors (Lipinski definition) is 5. The quantitative estimate of drug-likeness (QED) is 0.635. The first-order valence-corrected chi connectivity index (χ1v) is 7.28. The summed E-state index contributed by atoms with van der Waals surface area (Å²) in [6, 6.07) is -0.197. The highest BCUT2D eigenvalue weighted by atomic mass is 16.5. The summed E-state index contributed by atoms with van der Waals surface area (Å²) >= 11 is 0. The normalized spacial score (nSPS) is 20.7. The van der Waals surface area contributed by atoms with Crippen LogP contribution in [0.4, 0.5) is 0 Å². The van der Waals surface area contributed by atoms with Crippen LogP contribution < -0.4 is 5.32 Å². The van der Waals surface area contributed by atoms with E-state index in [9.17, 15) is 4.79 Å². The number of carbonyl (C=O) groups excluding carboxylic acids is 1. The van der Waals surface area contributed by atoms with E-state index < -0.39 is 0 Å². The molecular weight excluding hydrogens is 244 g/mol. The molecule has 1 aliphatic rings. The van der Waals surface area contributed by atoms with E-state index >= 15 is 0 Å². The maximum Gasteiger partial charge on any atom is 0.322 e. The zero-order chi connectivity index (χ0) is 14.1. The van der Waals surface area contributed by atoms with Gasteiger partial charge in [-0.05, 0) is 45.8 Å². The van der Waals surface area contributed by atoms with Crippen molar-refractivity contribution < 1.29 is 14.3 Å². The molecule has 0 amide bonds. The number of ether oxygens (including phenoxy) is 2. The topological polar surface area (TPSA) is 50.8 Å². The number of hydrogen-bond donors (Lipinski definition) is 1. The van der Waals surface area contributed by atoms with E-state index in [2.05, 4.69) is 24.2 Å². The summed E-state index contributed by atoms with van der Waals surface area (Å²) in [5.74, 6) is -0.168. The predicted molar refractivity (Wildman–Crippen MR) is 75.2 cm³/mol. The molecule has 19 heavy (non-hydrogen) atoms. The average molecular weight is 272 g/mol. The predicted octanol–water partition coefficient (Wildman–Crippen LogP) is 1.03. The Morgan fingerprint density at radius 3 is 2.95 bits per heavy atom. The smallest absolute Gasteiger partial charge is 0.322 e. The van der Waals surface area contributed by atoms with Gasteiger partial charge in [-0.2, -0.15) is 0 Å². The van der Waals surface area contributed by atoms with Gasteiger partial charge in [0.1, 0.15) is 6.04 Å². The Morgan fingerprint density at radius 1 is 1.58 bits per heavy atom. The maximum atomic E-state index is 11.6. The van der Waals surface area contributed by atoms with Crippen LogP contribution in [-0.2, 0) is 14.3 Å². The van der Waals surface area contributed by atoms with Crippen molar-refractivity contribution in [3.05, 3.63) is 0 Å². The lowest BCUT2D eigenvalue weighted by Crippen LogP contribution is -2.41. The molecule has 1 fully saturated rings. The largest absolute Gasteiger partial charge is 0.468 e. The second kappa shape index (κ2) is 9.28. The molecule has 2 atom stereocenters. The molecule has 0 saturated carbocycles. The molecule has 112 valence electrons.